The number of carbonyl (C=O) groups is 1. The number of hydrogen-bond donors (Lipinski definition) is 2. The molecular weight excluding hydrogens is 452 g/mol. The molecule has 2 atom stereocenters. The number of halogens is 2. The number of nitrogens with zero attached hydrogens (tertiary/aromatic N) is 2. The van der Waals surface area contributed by atoms with E-state index in [4.69, 9.17) is 11.6 Å². The average molecular weight is 474 g/mol. The number of benzene rings is 2. The normalized spacial score (nSPS) is 19.1. The van der Waals surface area contributed by atoms with Crippen molar-refractivity contribution in [2.45, 2.75) is 18.4 Å². The fourth-order valence-electron chi connectivity index (χ4n) is 3.89. The van der Waals surface area contributed by atoms with Gasteiger partial charge in [0.15, 0.2) is 0 Å². The lowest BCUT2D eigenvalue weighted by atomic mass is 9.86. The number of nitrogens with one attached hydrogen (secondary N) is 2. The molecule has 2 aromatic carbocycles. The van der Waals surface area contributed by atoms with Crippen LogP contribution in [0.5, 0.6) is 0 Å². The number of carbonyl (C=O) groups excluding carboxylic acids is 1. The first kappa shape index (κ1) is 20.1. The zero-order valence-electron chi connectivity index (χ0n) is 16.0. The standard InChI is InChI=1S/C22H22BrClN4O/c1-28-21(19(23)12-26-28)15-2-4-16(5-3-15)22(29)27-20-13-25-11-10-18(20)14-6-8-17(24)9-7-14/h2-9,12,18,20,25H,10-11,13H2,1H3,(H,27,29)/t18-,20+/m0/s1. The predicted octanol–water partition coefficient (Wildman–Crippen LogP) is 4.38. The van der Waals surface area contributed by atoms with Gasteiger partial charge in [-0.3, -0.25) is 9.48 Å². The lowest BCUT2D eigenvalue weighted by Crippen LogP contribution is -2.50. The molecule has 3 aromatic rings. The van der Waals surface area contributed by atoms with Crippen LogP contribution in [0.15, 0.2) is 59.2 Å². The van der Waals surface area contributed by atoms with Gasteiger partial charge < -0.3 is 10.6 Å². The van der Waals surface area contributed by atoms with Crippen molar-refractivity contribution in [3.63, 3.8) is 0 Å². The molecular formula is C22H22BrClN4O. The molecule has 5 nitrogen and oxygen atoms in total. The molecule has 150 valence electrons. The molecule has 0 aliphatic carbocycles. The predicted molar refractivity (Wildman–Crippen MR) is 119 cm³/mol. The van der Waals surface area contributed by atoms with E-state index >= 15 is 0 Å². The van der Waals surface area contributed by atoms with Crippen LogP contribution in [0.4, 0.5) is 0 Å². The Labute approximate surface area is 183 Å². The molecule has 4 rings (SSSR count). The van der Waals surface area contributed by atoms with E-state index in [9.17, 15) is 4.79 Å². The van der Waals surface area contributed by atoms with Gasteiger partial charge in [-0.2, -0.15) is 5.10 Å². The fraction of sp³-hybridized carbons (Fsp3) is 0.273. The molecule has 2 N–H and O–H groups in total. The molecule has 1 aromatic heterocycles. The highest BCUT2D eigenvalue weighted by Crippen LogP contribution is 2.29. The monoisotopic (exact) mass is 472 g/mol. The third kappa shape index (κ3) is 4.39. The smallest absolute Gasteiger partial charge is 0.251 e. The van der Waals surface area contributed by atoms with E-state index in [1.54, 1.807) is 6.20 Å². The number of aryl methyl sites for hydroxylation is 1. The molecule has 1 saturated heterocycles. The van der Waals surface area contributed by atoms with Gasteiger partial charge in [-0.15, -0.1) is 0 Å². The lowest BCUT2D eigenvalue weighted by molar-refractivity contribution is 0.0924. The molecule has 1 amide bonds. The minimum Gasteiger partial charge on any atom is -0.347 e. The Morgan fingerprint density at radius 1 is 1.21 bits per heavy atom. The number of aromatic nitrogens is 2. The highest BCUT2D eigenvalue weighted by Gasteiger charge is 2.28. The van der Waals surface area contributed by atoms with Crippen LogP contribution in [-0.4, -0.2) is 34.8 Å². The second-order valence-electron chi connectivity index (χ2n) is 7.27. The fourth-order valence-corrected chi connectivity index (χ4v) is 4.59. The van der Waals surface area contributed by atoms with Crippen LogP contribution in [0.25, 0.3) is 11.3 Å². The van der Waals surface area contributed by atoms with Crippen molar-refractivity contribution in [1.29, 1.82) is 0 Å². The topological polar surface area (TPSA) is 59.0 Å². The summed E-state index contributed by atoms with van der Waals surface area (Å²) in [7, 11) is 1.90. The SMILES string of the molecule is Cn1ncc(Br)c1-c1ccc(C(=O)N[C@@H]2CNCC[C@H]2c2ccc(Cl)cc2)cc1. The van der Waals surface area contributed by atoms with Gasteiger partial charge in [0.05, 0.1) is 16.4 Å². The van der Waals surface area contributed by atoms with Gasteiger partial charge in [0.25, 0.3) is 5.91 Å². The van der Waals surface area contributed by atoms with E-state index in [0.717, 1.165) is 40.3 Å². The van der Waals surface area contributed by atoms with Gasteiger partial charge in [-0.05, 0) is 58.7 Å². The Bertz CT molecular complexity index is 981. The largest absolute Gasteiger partial charge is 0.347 e. The summed E-state index contributed by atoms with van der Waals surface area (Å²) in [5, 5.41) is 11.6. The highest BCUT2D eigenvalue weighted by molar-refractivity contribution is 9.10. The Kier molecular flexibility index (Phi) is 6.04. The van der Waals surface area contributed by atoms with Crippen LogP contribution < -0.4 is 10.6 Å². The summed E-state index contributed by atoms with van der Waals surface area (Å²) in [5.74, 6) is 0.204. The molecule has 0 spiro atoms. The first-order valence-corrected chi connectivity index (χ1v) is 10.7. The van der Waals surface area contributed by atoms with Crippen LogP contribution >= 0.6 is 27.5 Å². The molecule has 2 heterocycles. The van der Waals surface area contributed by atoms with Crippen molar-refractivity contribution in [1.82, 2.24) is 20.4 Å². The molecule has 1 fully saturated rings. The Morgan fingerprint density at radius 2 is 1.93 bits per heavy atom. The Balaban J connectivity index is 1.49. The number of piperidine rings is 1. The maximum atomic E-state index is 12.9. The van der Waals surface area contributed by atoms with E-state index in [1.165, 1.54) is 5.56 Å². The molecule has 0 radical (unpaired) electrons. The van der Waals surface area contributed by atoms with E-state index in [-0.39, 0.29) is 17.9 Å². The van der Waals surface area contributed by atoms with E-state index in [2.05, 4.69) is 43.8 Å². The van der Waals surface area contributed by atoms with Crippen molar-refractivity contribution in [3.8, 4) is 11.3 Å². The van der Waals surface area contributed by atoms with Crippen LogP contribution in [-0.2, 0) is 7.05 Å². The summed E-state index contributed by atoms with van der Waals surface area (Å²) in [6.45, 7) is 1.69. The first-order valence-electron chi connectivity index (χ1n) is 9.58. The van der Waals surface area contributed by atoms with Crippen LogP contribution in [0.3, 0.4) is 0 Å². The van der Waals surface area contributed by atoms with Crippen LogP contribution in [0.2, 0.25) is 5.02 Å². The maximum Gasteiger partial charge on any atom is 0.251 e. The van der Waals surface area contributed by atoms with Crippen LogP contribution in [0.1, 0.15) is 28.3 Å². The quantitative estimate of drug-likeness (QED) is 0.591. The highest BCUT2D eigenvalue weighted by atomic mass is 79.9. The molecule has 29 heavy (non-hydrogen) atoms. The molecule has 0 bridgehead atoms. The average Bonchev–Trinajstić information content (AvgIpc) is 3.07. The molecule has 0 saturated carbocycles. The van der Waals surface area contributed by atoms with Crippen molar-refractivity contribution < 1.29 is 4.79 Å². The minimum absolute atomic E-state index is 0.0309. The van der Waals surface area contributed by atoms with Gasteiger partial charge in [-0.25, -0.2) is 0 Å². The molecule has 7 heteroatoms. The third-order valence-electron chi connectivity index (χ3n) is 5.41. The maximum absolute atomic E-state index is 12.9. The minimum atomic E-state index is -0.0618. The zero-order valence-corrected chi connectivity index (χ0v) is 18.4. The summed E-state index contributed by atoms with van der Waals surface area (Å²) in [5.41, 5.74) is 3.84. The molecule has 1 aliphatic heterocycles. The van der Waals surface area contributed by atoms with Gasteiger partial charge in [0.2, 0.25) is 0 Å². The summed E-state index contributed by atoms with van der Waals surface area (Å²) in [6, 6.07) is 15.6. The van der Waals surface area contributed by atoms with Crippen LogP contribution in [0, 0.1) is 0 Å². The first-order chi connectivity index (χ1) is 14.0. The van der Waals surface area contributed by atoms with E-state index < -0.39 is 0 Å². The molecule has 0 unspecified atom stereocenters. The second-order valence-corrected chi connectivity index (χ2v) is 8.56. The Morgan fingerprint density at radius 3 is 2.59 bits per heavy atom. The lowest BCUT2D eigenvalue weighted by Gasteiger charge is -2.33. The van der Waals surface area contributed by atoms with Gasteiger partial charge >= 0.3 is 0 Å². The number of amides is 1. The third-order valence-corrected chi connectivity index (χ3v) is 6.24. The van der Waals surface area contributed by atoms with E-state index in [0.29, 0.717) is 5.56 Å². The van der Waals surface area contributed by atoms with Gasteiger partial charge in [-0.1, -0.05) is 35.9 Å². The summed E-state index contributed by atoms with van der Waals surface area (Å²) < 4.78 is 2.74. The van der Waals surface area contributed by atoms with Gasteiger partial charge in [0, 0.05) is 41.7 Å². The van der Waals surface area contributed by atoms with Crippen molar-refractivity contribution in [3.05, 3.63) is 75.4 Å². The van der Waals surface area contributed by atoms with E-state index in [1.807, 2.05) is 48.1 Å². The summed E-state index contributed by atoms with van der Waals surface area (Å²) >= 11 is 9.55. The number of hydrogen-bond acceptors (Lipinski definition) is 3. The summed E-state index contributed by atoms with van der Waals surface area (Å²) in [4.78, 5) is 12.9. The second kappa shape index (κ2) is 8.69. The van der Waals surface area contributed by atoms with Crippen molar-refractivity contribution in [2.75, 3.05) is 13.1 Å². The molecule has 1 aliphatic rings. The summed E-state index contributed by atoms with van der Waals surface area (Å²) in [6.07, 6.45) is 2.74. The van der Waals surface area contributed by atoms with Crippen molar-refractivity contribution in [2.24, 2.45) is 7.05 Å². The van der Waals surface area contributed by atoms with Gasteiger partial charge in [0.1, 0.15) is 0 Å². The zero-order chi connectivity index (χ0) is 20.4. The van der Waals surface area contributed by atoms with Crippen molar-refractivity contribution >= 4 is 33.4 Å². The number of rotatable bonds is 4. The Hall–Kier alpha value is -2.15.